The average Bonchev–Trinajstić information content (AvgIpc) is 3.17. The Labute approximate surface area is 125 Å². The predicted octanol–water partition coefficient (Wildman–Crippen LogP) is 3.01. The summed E-state index contributed by atoms with van der Waals surface area (Å²) in [6, 6.07) is 12.3. The molecule has 0 spiro atoms. The maximum Gasteiger partial charge on any atom is 0.164 e. The molecular formula is C16H12FN5. The second-order valence-electron chi connectivity index (χ2n) is 5.04. The molecule has 5 nitrogen and oxygen atoms in total. The molecule has 0 unspecified atom stereocenters. The van der Waals surface area contributed by atoms with E-state index in [1.165, 1.54) is 12.1 Å². The van der Waals surface area contributed by atoms with Crippen LogP contribution in [0, 0.1) is 5.82 Å². The number of hydrogen-bond acceptors (Lipinski definition) is 3. The molecule has 0 amide bonds. The van der Waals surface area contributed by atoms with Gasteiger partial charge < -0.3 is 9.55 Å². The molecule has 0 bridgehead atoms. The molecule has 0 aliphatic heterocycles. The summed E-state index contributed by atoms with van der Waals surface area (Å²) in [6.45, 7) is 0.585. The molecule has 0 atom stereocenters. The van der Waals surface area contributed by atoms with Crippen LogP contribution in [0.15, 0.2) is 55.1 Å². The van der Waals surface area contributed by atoms with Gasteiger partial charge in [0.25, 0.3) is 0 Å². The minimum Gasteiger partial charge on any atom is -0.345 e. The number of nitrogens with one attached hydrogen (secondary N) is 1. The third kappa shape index (κ3) is 2.24. The third-order valence-electron chi connectivity index (χ3n) is 3.56. The fourth-order valence-corrected chi connectivity index (χ4v) is 2.45. The van der Waals surface area contributed by atoms with Crippen LogP contribution in [0.2, 0.25) is 0 Å². The van der Waals surface area contributed by atoms with Crippen LogP contribution in [-0.4, -0.2) is 24.7 Å². The first-order chi connectivity index (χ1) is 10.8. The van der Waals surface area contributed by atoms with Gasteiger partial charge in [-0.15, -0.1) is 10.2 Å². The fourth-order valence-electron chi connectivity index (χ4n) is 2.45. The summed E-state index contributed by atoms with van der Waals surface area (Å²) in [4.78, 5) is 7.32. The molecule has 22 heavy (non-hydrogen) atoms. The van der Waals surface area contributed by atoms with E-state index in [1.54, 1.807) is 24.8 Å². The molecule has 0 aliphatic rings. The van der Waals surface area contributed by atoms with Crippen molar-refractivity contribution in [3.05, 3.63) is 66.5 Å². The van der Waals surface area contributed by atoms with E-state index in [1.807, 2.05) is 22.8 Å². The monoisotopic (exact) mass is 293 g/mol. The average molecular weight is 293 g/mol. The van der Waals surface area contributed by atoms with Gasteiger partial charge in [-0.05, 0) is 35.9 Å². The first-order valence-electron chi connectivity index (χ1n) is 6.85. The normalized spacial score (nSPS) is 11.1. The summed E-state index contributed by atoms with van der Waals surface area (Å²) in [5.74, 6) is 0.519. The van der Waals surface area contributed by atoms with E-state index in [2.05, 4.69) is 20.2 Å². The van der Waals surface area contributed by atoms with Crippen LogP contribution in [0.3, 0.4) is 0 Å². The maximum absolute atomic E-state index is 13.0. The van der Waals surface area contributed by atoms with Crippen LogP contribution >= 0.6 is 0 Å². The first-order valence-corrected chi connectivity index (χ1v) is 6.85. The van der Waals surface area contributed by atoms with Crippen molar-refractivity contribution in [2.24, 2.45) is 0 Å². The van der Waals surface area contributed by atoms with Crippen LogP contribution < -0.4 is 0 Å². The number of benzene rings is 2. The summed E-state index contributed by atoms with van der Waals surface area (Å²) < 4.78 is 14.9. The van der Waals surface area contributed by atoms with Crippen LogP contribution in [0.25, 0.3) is 22.4 Å². The van der Waals surface area contributed by atoms with Crippen molar-refractivity contribution in [1.82, 2.24) is 24.7 Å². The standard InChI is InChI=1S/C16H12FN5/c17-13-4-1-11(2-5-13)8-22-10-20-21-16(22)12-3-6-14-15(7-12)19-9-18-14/h1-7,9-10H,8H2,(H,18,19). The smallest absolute Gasteiger partial charge is 0.164 e. The summed E-state index contributed by atoms with van der Waals surface area (Å²) in [5, 5.41) is 8.18. The van der Waals surface area contributed by atoms with Crippen molar-refractivity contribution in [3.8, 4) is 11.4 Å². The van der Waals surface area contributed by atoms with Crippen molar-refractivity contribution >= 4 is 11.0 Å². The number of halogens is 1. The molecule has 2 heterocycles. The molecule has 0 radical (unpaired) electrons. The Bertz CT molecular complexity index is 923. The Balaban J connectivity index is 1.71. The number of hydrogen-bond donors (Lipinski definition) is 1. The Kier molecular flexibility index (Phi) is 2.93. The zero-order chi connectivity index (χ0) is 14.9. The second kappa shape index (κ2) is 5.07. The van der Waals surface area contributed by atoms with Gasteiger partial charge in [0, 0.05) is 5.56 Å². The minimum atomic E-state index is -0.239. The number of rotatable bonds is 3. The zero-order valence-corrected chi connectivity index (χ0v) is 11.6. The summed E-state index contributed by atoms with van der Waals surface area (Å²) >= 11 is 0. The molecule has 0 saturated carbocycles. The number of nitrogens with zero attached hydrogens (tertiary/aromatic N) is 4. The van der Waals surface area contributed by atoms with Gasteiger partial charge >= 0.3 is 0 Å². The molecule has 1 N–H and O–H groups in total. The zero-order valence-electron chi connectivity index (χ0n) is 11.6. The maximum atomic E-state index is 13.0. The minimum absolute atomic E-state index is 0.239. The van der Waals surface area contributed by atoms with Crippen molar-refractivity contribution in [3.63, 3.8) is 0 Å². The van der Waals surface area contributed by atoms with Crippen LogP contribution in [-0.2, 0) is 6.54 Å². The lowest BCUT2D eigenvalue weighted by atomic mass is 10.1. The highest BCUT2D eigenvalue weighted by molar-refractivity contribution is 5.79. The number of fused-ring (bicyclic) bond motifs is 1. The van der Waals surface area contributed by atoms with Crippen molar-refractivity contribution in [2.45, 2.75) is 6.54 Å². The van der Waals surface area contributed by atoms with E-state index in [-0.39, 0.29) is 5.82 Å². The molecule has 2 aromatic heterocycles. The van der Waals surface area contributed by atoms with Crippen molar-refractivity contribution in [2.75, 3.05) is 0 Å². The molecule has 2 aromatic carbocycles. The van der Waals surface area contributed by atoms with Crippen LogP contribution in [0.1, 0.15) is 5.56 Å². The Morgan fingerprint density at radius 2 is 1.95 bits per heavy atom. The number of aromatic nitrogens is 5. The fraction of sp³-hybridized carbons (Fsp3) is 0.0625. The highest BCUT2D eigenvalue weighted by Gasteiger charge is 2.09. The molecule has 4 aromatic rings. The van der Waals surface area contributed by atoms with E-state index >= 15 is 0 Å². The number of aromatic amines is 1. The van der Waals surface area contributed by atoms with Crippen LogP contribution in [0.4, 0.5) is 4.39 Å². The molecule has 0 saturated heterocycles. The van der Waals surface area contributed by atoms with Gasteiger partial charge in [-0.3, -0.25) is 0 Å². The van der Waals surface area contributed by atoms with Gasteiger partial charge in [-0.25, -0.2) is 9.37 Å². The molecule has 108 valence electrons. The highest BCUT2D eigenvalue weighted by Crippen LogP contribution is 2.21. The van der Waals surface area contributed by atoms with Gasteiger partial charge in [0.1, 0.15) is 12.1 Å². The van der Waals surface area contributed by atoms with Crippen LogP contribution in [0.5, 0.6) is 0 Å². The largest absolute Gasteiger partial charge is 0.345 e. The molecular weight excluding hydrogens is 281 g/mol. The quantitative estimate of drug-likeness (QED) is 0.631. The lowest BCUT2D eigenvalue weighted by Gasteiger charge is -2.07. The molecule has 4 rings (SSSR count). The van der Waals surface area contributed by atoms with Gasteiger partial charge in [0.05, 0.1) is 23.9 Å². The van der Waals surface area contributed by atoms with Gasteiger partial charge in [-0.1, -0.05) is 12.1 Å². The van der Waals surface area contributed by atoms with E-state index in [0.717, 1.165) is 28.0 Å². The Hall–Kier alpha value is -3.02. The summed E-state index contributed by atoms with van der Waals surface area (Å²) in [6.07, 6.45) is 3.34. The summed E-state index contributed by atoms with van der Waals surface area (Å²) in [5.41, 5.74) is 3.80. The van der Waals surface area contributed by atoms with Gasteiger partial charge in [-0.2, -0.15) is 0 Å². The van der Waals surface area contributed by atoms with E-state index in [4.69, 9.17) is 0 Å². The first kappa shape index (κ1) is 12.7. The molecule has 0 fully saturated rings. The van der Waals surface area contributed by atoms with E-state index < -0.39 is 0 Å². The van der Waals surface area contributed by atoms with E-state index in [9.17, 15) is 4.39 Å². The third-order valence-corrected chi connectivity index (χ3v) is 3.56. The molecule has 6 heteroatoms. The number of H-pyrrole nitrogens is 1. The Morgan fingerprint density at radius 3 is 2.82 bits per heavy atom. The second-order valence-corrected chi connectivity index (χ2v) is 5.04. The van der Waals surface area contributed by atoms with Gasteiger partial charge in [0.15, 0.2) is 5.82 Å². The predicted molar refractivity (Wildman–Crippen MR) is 80.6 cm³/mol. The lowest BCUT2D eigenvalue weighted by molar-refractivity contribution is 0.626. The molecule has 0 aliphatic carbocycles. The van der Waals surface area contributed by atoms with Crippen molar-refractivity contribution < 1.29 is 4.39 Å². The van der Waals surface area contributed by atoms with Gasteiger partial charge in [0.2, 0.25) is 0 Å². The topological polar surface area (TPSA) is 59.4 Å². The highest BCUT2D eigenvalue weighted by atomic mass is 19.1. The number of imidazole rings is 1. The Morgan fingerprint density at radius 1 is 1.09 bits per heavy atom. The SMILES string of the molecule is Fc1ccc(Cn2cnnc2-c2ccc3[nH]cnc3c2)cc1. The van der Waals surface area contributed by atoms with E-state index in [0.29, 0.717) is 6.54 Å². The van der Waals surface area contributed by atoms with Crippen molar-refractivity contribution in [1.29, 1.82) is 0 Å². The lowest BCUT2D eigenvalue weighted by Crippen LogP contribution is -2.01. The summed E-state index contributed by atoms with van der Waals surface area (Å²) in [7, 11) is 0.